The van der Waals surface area contributed by atoms with E-state index in [1.165, 1.54) is 11.1 Å². The number of hydrogen-bond acceptors (Lipinski definition) is 10. The third kappa shape index (κ3) is 14.2. The molecule has 16 heteroatoms. The van der Waals surface area contributed by atoms with Crippen LogP contribution in [0.1, 0.15) is 115 Å². The minimum atomic E-state index is -0.842. The Kier molecular flexibility index (Phi) is 19.4. The van der Waals surface area contributed by atoms with E-state index in [1.807, 2.05) is 90.1 Å². The molecule has 394 valence electrons. The zero-order valence-electron chi connectivity index (χ0n) is 44.7. The number of rotatable bonds is 17. The lowest BCUT2D eigenvalue weighted by Crippen LogP contribution is -2.66. The number of carbonyl (C=O) groups is 6. The SMILES string of the molecule is CN[C@@H](C)C(=O)N[C@H](C(=O)N1CCN(CC=CC=CCN2CCN(C(=O)[C@@H](NC(=O)[C@H](C)NC)C(C)(C)C)[C@H](C(=O)N[C@@H]3CCCc4ccccc43)C2)C[C@H]1C(=O)N[C@@H]1CCCc2ccccc21)C(C)(C)C. The van der Waals surface area contributed by atoms with Crippen molar-refractivity contribution in [2.45, 2.75) is 142 Å². The Morgan fingerprint density at radius 1 is 0.583 bits per heavy atom. The van der Waals surface area contributed by atoms with Crippen molar-refractivity contribution in [3.8, 4) is 0 Å². The standard InChI is InChI=1S/C56H84N10O6/c1-37(57-9)49(67)61-47(55(3,4)5)53(71)65-33-31-63(35-45(65)51(69)59-43-27-19-23-39-21-13-15-25-41(39)43)29-17-11-12-18-30-64-32-34-66(54(72)48(56(6,7)8)62-50(68)38(2)58-10)46(36-64)52(70)60-44-28-20-24-40-22-14-16-26-42(40)44/h11-18,21-22,25-26,37-38,43-48,57-58H,19-20,23-24,27-36H2,1-10H3,(H,59,69)(H,60,70)(H,61,67)(H,62,68)/t37-,38-,43+,44+,45-,46-,47+,48+/m0/s1. The van der Waals surface area contributed by atoms with Gasteiger partial charge in [0.2, 0.25) is 35.4 Å². The topological polar surface area (TPSA) is 188 Å². The number of nitrogens with zero attached hydrogens (tertiary/aromatic N) is 4. The Bertz CT molecular complexity index is 2130. The third-order valence-electron chi connectivity index (χ3n) is 15.0. The maximum Gasteiger partial charge on any atom is 0.246 e. The summed E-state index contributed by atoms with van der Waals surface area (Å²) in [6.45, 7) is 18.5. The zero-order chi connectivity index (χ0) is 52.3. The van der Waals surface area contributed by atoms with E-state index in [0.717, 1.165) is 49.7 Å². The van der Waals surface area contributed by atoms with Crippen molar-refractivity contribution < 1.29 is 28.8 Å². The molecule has 6 rings (SSSR count). The largest absolute Gasteiger partial charge is 0.347 e. The second kappa shape index (κ2) is 25.0. The number of amides is 6. The monoisotopic (exact) mass is 993 g/mol. The smallest absolute Gasteiger partial charge is 0.246 e. The maximum absolute atomic E-state index is 14.6. The number of fused-ring (bicyclic) bond motifs is 2. The first-order valence-electron chi connectivity index (χ1n) is 26.3. The molecule has 4 aliphatic rings. The van der Waals surface area contributed by atoms with E-state index < -0.39 is 47.1 Å². The molecular formula is C56H84N10O6. The van der Waals surface area contributed by atoms with Crippen LogP contribution < -0.4 is 31.9 Å². The summed E-state index contributed by atoms with van der Waals surface area (Å²) in [6, 6.07) is 11.9. The Hall–Kier alpha value is -5.42. The second-order valence-corrected chi connectivity index (χ2v) is 22.4. The minimum absolute atomic E-state index is 0.155. The zero-order valence-corrected chi connectivity index (χ0v) is 44.7. The number of allylic oxidation sites excluding steroid dienone is 2. The fourth-order valence-corrected chi connectivity index (χ4v) is 10.3. The second-order valence-electron chi connectivity index (χ2n) is 22.4. The van der Waals surface area contributed by atoms with Crippen LogP contribution in [0.5, 0.6) is 0 Å². The highest BCUT2D eigenvalue weighted by Gasteiger charge is 2.45. The summed E-state index contributed by atoms with van der Waals surface area (Å²) in [5.74, 6) is -1.52. The highest BCUT2D eigenvalue weighted by molar-refractivity contribution is 5.95. The van der Waals surface area contributed by atoms with Crippen LogP contribution in [-0.4, -0.2) is 158 Å². The van der Waals surface area contributed by atoms with Gasteiger partial charge < -0.3 is 41.7 Å². The molecule has 2 aliphatic carbocycles. The molecule has 2 saturated heterocycles. The summed E-state index contributed by atoms with van der Waals surface area (Å²) in [6.07, 6.45) is 13.5. The predicted octanol–water partition coefficient (Wildman–Crippen LogP) is 3.79. The van der Waals surface area contributed by atoms with Crippen LogP contribution in [0, 0.1) is 10.8 Å². The summed E-state index contributed by atoms with van der Waals surface area (Å²) < 4.78 is 0. The van der Waals surface area contributed by atoms with Gasteiger partial charge in [-0.15, -0.1) is 0 Å². The van der Waals surface area contributed by atoms with Gasteiger partial charge in [0, 0.05) is 52.4 Å². The summed E-state index contributed by atoms with van der Waals surface area (Å²) >= 11 is 0. The Morgan fingerprint density at radius 2 is 0.958 bits per heavy atom. The van der Waals surface area contributed by atoms with Gasteiger partial charge in [0.15, 0.2) is 0 Å². The average Bonchev–Trinajstić information content (AvgIpc) is 3.36. The molecule has 6 N–H and O–H groups in total. The number of aryl methyl sites for hydroxylation is 2. The lowest BCUT2D eigenvalue weighted by molar-refractivity contribution is -0.149. The Balaban J connectivity index is 1.14. The number of nitrogens with one attached hydrogen (secondary N) is 6. The van der Waals surface area contributed by atoms with Crippen molar-refractivity contribution in [2.75, 3.05) is 66.5 Å². The van der Waals surface area contributed by atoms with Crippen molar-refractivity contribution in [1.29, 1.82) is 0 Å². The van der Waals surface area contributed by atoms with Crippen LogP contribution in [0.3, 0.4) is 0 Å². The van der Waals surface area contributed by atoms with Gasteiger partial charge >= 0.3 is 0 Å². The normalized spacial score (nSPS) is 22.8. The van der Waals surface area contributed by atoms with Gasteiger partial charge in [-0.3, -0.25) is 38.6 Å². The van der Waals surface area contributed by atoms with Gasteiger partial charge in [-0.25, -0.2) is 0 Å². The molecule has 2 aliphatic heterocycles. The van der Waals surface area contributed by atoms with Crippen molar-refractivity contribution >= 4 is 35.4 Å². The van der Waals surface area contributed by atoms with Crippen molar-refractivity contribution in [2.24, 2.45) is 10.8 Å². The molecule has 0 aromatic heterocycles. The Labute approximate surface area is 428 Å². The molecule has 6 amide bonds. The highest BCUT2D eigenvalue weighted by atomic mass is 16.2. The van der Waals surface area contributed by atoms with Gasteiger partial charge in [-0.05, 0) is 99.6 Å². The number of benzene rings is 2. The van der Waals surface area contributed by atoms with Crippen molar-refractivity contribution in [3.63, 3.8) is 0 Å². The molecule has 0 bridgehead atoms. The summed E-state index contributed by atoms with van der Waals surface area (Å²) in [5.41, 5.74) is 3.47. The summed E-state index contributed by atoms with van der Waals surface area (Å²) in [4.78, 5) is 92.0. The first-order chi connectivity index (χ1) is 34.2. The molecule has 0 saturated carbocycles. The van der Waals surface area contributed by atoms with Crippen LogP contribution in [0.25, 0.3) is 0 Å². The molecule has 2 aromatic carbocycles. The molecule has 2 aromatic rings. The van der Waals surface area contributed by atoms with E-state index in [9.17, 15) is 28.8 Å². The average molecular weight is 993 g/mol. The molecule has 72 heavy (non-hydrogen) atoms. The minimum Gasteiger partial charge on any atom is -0.347 e. The van der Waals surface area contributed by atoms with Crippen LogP contribution in [0.2, 0.25) is 0 Å². The molecule has 2 heterocycles. The van der Waals surface area contributed by atoms with Crippen LogP contribution >= 0.6 is 0 Å². The first kappa shape index (κ1) is 55.9. The predicted molar refractivity (Wildman–Crippen MR) is 283 cm³/mol. The third-order valence-corrected chi connectivity index (χ3v) is 15.0. The summed E-state index contributed by atoms with van der Waals surface area (Å²) in [7, 11) is 3.40. The van der Waals surface area contributed by atoms with E-state index >= 15 is 0 Å². The van der Waals surface area contributed by atoms with E-state index in [4.69, 9.17) is 0 Å². The molecule has 0 unspecified atom stereocenters. The van der Waals surface area contributed by atoms with Crippen molar-refractivity contribution in [1.82, 2.24) is 51.5 Å². The number of hydrogen-bond donors (Lipinski definition) is 6. The quantitative estimate of drug-likeness (QED) is 0.128. The van der Waals surface area contributed by atoms with Crippen LogP contribution in [-0.2, 0) is 41.6 Å². The summed E-state index contributed by atoms with van der Waals surface area (Å²) in [5, 5.41) is 18.5. The van der Waals surface area contributed by atoms with Crippen LogP contribution in [0.4, 0.5) is 0 Å². The van der Waals surface area contributed by atoms with E-state index in [0.29, 0.717) is 52.4 Å². The lowest BCUT2D eigenvalue weighted by atomic mass is 9.85. The Morgan fingerprint density at radius 3 is 1.32 bits per heavy atom. The number of piperazine rings is 2. The van der Waals surface area contributed by atoms with E-state index in [2.05, 4.69) is 66.0 Å². The number of carbonyl (C=O) groups excluding carboxylic acids is 6. The molecule has 2 fully saturated rings. The molecule has 0 spiro atoms. The van der Waals surface area contributed by atoms with Crippen LogP contribution in [0.15, 0.2) is 72.8 Å². The first-order valence-corrected chi connectivity index (χ1v) is 26.3. The molecule has 8 atom stereocenters. The van der Waals surface area contributed by atoms with Gasteiger partial charge in [0.1, 0.15) is 24.2 Å². The van der Waals surface area contributed by atoms with Gasteiger partial charge in [-0.1, -0.05) is 114 Å². The van der Waals surface area contributed by atoms with E-state index in [-0.39, 0.29) is 47.5 Å². The van der Waals surface area contributed by atoms with Gasteiger partial charge in [0.05, 0.1) is 24.2 Å². The maximum atomic E-state index is 14.6. The fourth-order valence-electron chi connectivity index (χ4n) is 10.3. The lowest BCUT2D eigenvalue weighted by Gasteiger charge is -2.44. The fraction of sp³-hybridized carbons (Fsp3) is 0.607. The van der Waals surface area contributed by atoms with Gasteiger partial charge in [-0.2, -0.15) is 0 Å². The van der Waals surface area contributed by atoms with Gasteiger partial charge in [0.25, 0.3) is 0 Å². The van der Waals surface area contributed by atoms with E-state index in [1.54, 1.807) is 37.7 Å². The molecular weight excluding hydrogens is 909 g/mol. The highest BCUT2D eigenvalue weighted by Crippen LogP contribution is 2.32. The molecule has 16 nitrogen and oxygen atoms in total. The van der Waals surface area contributed by atoms with Crippen molar-refractivity contribution in [3.05, 3.63) is 95.1 Å². The molecule has 0 radical (unpaired) electrons. The number of likely N-dealkylation sites (N-methyl/N-ethyl adjacent to an activating group) is 2.